The molecule has 234 valence electrons. The molecule has 1 aliphatic heterocycles. The summed E-state index contributed by atoms with van der Waals surface area (Å²) in [6.07, 6.45) is 2.80. The Labute approximate surface area is 250 Å². The second-order valence-electron chi connectivity index (χ2n) is 14.4. The molecular weight excluding hydrogens is 555 g/mol. The molecule has 0 aromatic heterocycles. The molecule has 0 amide bonds. The Balaban J connectivity index is 2.43. The van der Waals surface area contributed by atoms with Crippen molar-refractivity contribution in [3.63, 3.8) is 0 Å². The topological polar surface area (TPSA) is 89.3 Å². The molecule has 0 saturated heterocycles. The molecule has 1 aliphatic rings. The average Bonchev–Trinajstić information content (AvgIpc) is 2.85. The fourth-order valence-electron chi connectivity index (χ4n) is 4.64. The number of nitrogens with zero attached hydrogens (tertiary/aromatic N) is 1. The standard InChI is InChI=1S/C31H55NO7Si2/c1-21-15-16-27(24-19-23(35-9)20-25(32(33)34)29(24)36-10)38-28(21)22(2)26(39-41(13,14)31(6,7)8)17-18-37-40(11,12)30(3,4)5/h15,19-20,22,26-28H,16-18H2,1-14H3/t22-,26-,27?,28-/m0/s1. The van der Waals surface area contributed by atoms with Crippen molar-refractivity contribution < 1.29 is 28.0 Å². The second kappa shape index (κ2) is 13.3. The first-order valence-electron chi connectivity index (χ1n) is 14.7. The van der Waals surface area contributed by atoms with E-state index in [4.69, 9.17) is 23.1 Å². The lowest BCUT2D eigenvalue weighted by molar-refractivity contribution is -0.385. The molecule has 1 aromatic rings. The van der Waals surface area contributed by atoms with E-state index in [1.165, 1.54) is 20.3 Å². The van der Waals surface area contributed by atoms with Crippen LogP contribution < -0.4 is 9.47 Å². The Bertz CT molecular complexity index is 1090. The maximum atomic E-state index is 11.8. The molecule has 0 N–H and O–H groups in total. The van der Waals surface area contributed by atoms with Crippen LogP contribution >= 0.6 is 0 Å². The van der Waals surface area contributed by atoms with Crippen molar-refractivity contribution in [2.24, 2.45) is 5.92 Å². The molecule has 0 aliphatic carbocycles. The Hall–Kier alpha value is -1.73. The number of hydrogen-bond acceptors (Lipinski definition) is 7. The summed E-state index contributed by atoms with van der Waals surface area (Å²) in [5.74, 6) is 0.628. The Kier molecular flexibility index (Phi) is 11.5. The van der Waals surface area contributed by atoms with E-state index in [0.717, 1.165) is 12.0 Å². The Morgan fingerprint density at radius 3 is 2.10 bits per heavy atom. The van der Waals surface area contributed by atoms with Crippen LogP contribution in [0.2, 0.25) is 36.3 Å². The highest BCUT2D eigenvalue weighted by atomic mass is 28.4. The summed E-state index contributed by atoms with van der Waals surface area (Å²) in [6.45, 7) is 27.6. The lowest BCUT2D eigenvalue weighted by Gasteiger charge is -2.44. The minimum atomic E-state index is -2.11. The highest BCUT2D eigenvalue weighted by Crippen LogP contribution is 2.45. The monoisotopic (exact) mass is 609 g/mol. The quantitative estimate of drug-likeness (QED) is 0.101. The van der Waals surface area contributed by atoms with E-state index in [-0.39, 0.29) is 39.6 Å². The van der Waals surface area contributed by atoms with Gasteiger partial charge in [-0.05, 0) is 67.7 Å². The minimum Gasteiger partial charge on any atom is -0.496 e. The van der Waals surface area contributed by atoms with Gasteiger partial charge >= 0.3 is 5.69 Å². The van der Waals surface area contributed by atoms with E-state index in [1.54, 1.807) is 6.07 Å². The third-order valence-corrected chi connectivity index (χ3v) is 18.5. The van der Waals surface area contributed by atoms with Crippen molar-refractivity contribution in [2.75, 3.05) is 20.8 Å². The normalized spacial score (nSPS) is 20.3. The van der Waals surface area contributed by atoms with Gasteiger partial charge in [-0.2, -0.15) is 0 Å². The van der Waals surface area contributed by atoms with Crippen molar-refractivity contribution in [3.8, 4) is 11.5 Å². The molecular formula is C31H55NO7Si2. The van der Waals surface area contributed by atoms with Crippen LogP contribution in [0, 0.1) is 16.0 Å². The summed E-state index contributed by atoms with van der Waals surface area (Å²) in [5, 5.41) is 12.0. The van der Waals surface area contributed by atoms with E-state index in [0.29, 0.717) is 24.3 Å². The smallest absolute Gasteiger partial charge is 0.315 e. The van der Waals surface area contributed by atoms with E-state index in [2.05, 4.69) is 87.7 Å². The molecule has 2 rings (SSSR count). The number of methoxy groups -OCH3 is 2. The first-order valence-corrected chi connectivity index (χ1v) is 20.5. The predicted octanol–water partition coefficient (Wildman–Crippen LogP) is 8.83. The third kappa shape index (κ3) is 8.43. The van der Waals surface area contributed by atoms with Gasteiger partial charge in [0.2, 0.25) is 5.75 Å². The summed E-state index contributed by atoms with van der Waals surface area (Å²) in [6, 6.07) is 3.17. The van der Waals surface area contributed by atoms with E-state index in [9.17, 15) is 10.1 Å². The van der Waals surface area contributed by atoms with Crippen molar-refractivity contribution in [3.05, 3.63) is 39.5 Å². The zero-order valence-electron chi connectivity index (χ0n) is 28.0. The molecule has 0 fully saturated rings. The summed E-state index contributed by atoms with van der Waals surface area (Å²) in [7, 11) is -1.07. The summed E-state index contributed by atoms with van der Waals surface area (Å²) >= 11 is 0. The fourth-order valence-corrected chi connectivity index (χ4v) is 7.14. The number of nitro groups is 1. The van der Waals surface area contributed by atoms with Crippen LogP contribution in [-0.4, -0.2) is 54.6 Å². The molecule has 1 heterocycles. The zero-order valence-corrected chi connectivity index (χ0v) is 30.0. The zero-order chi connectivity index (χ0) is 31.6. The maximum Gasteiger partial charge on any atom is 0.315 e. The molecule has 8 nitrogen and oxygen atoms in total. The molecule has 41 heavy (non-hydrogen) atoms. The Morgan fingerprint density at radius 2 is 1.61 bits per heavy atom. The van der Waals surface area contributed by atoms with Gasteiger partial charge in [-0.15, -0.1) is 0 Å². The van der Waals surface area contributed by atoms with Crippen molar-refractivity contribution >= 4 is 22.3 Å². The van der Waals surface area contributed by atoms with Crippen LogP contribution in [0.5, 0.6) is 11.5 Å². The van der Waals surface area contributed by atoms with Gasteiger partial charge in [-0.25, -0.2) is 0 Å². The van der Waals surface area contributed by atoms with Gasteiger partial charge in [-0.3, -0.25) is 10.1 Å². The van der Waals surface area contributed by atoms with Crippen molar-refractivity contribution in [1.82, 2.24) is 0 Å². The number of hydrogen-bond donors (Lipinski definition) is 0. The van der Waals surface area contributed by atoms with Gasteiger partial charge in [0.1, 0.15) is 5.75 Å². The first-order chi connectivity index (χ1) is 18.7. The average molecular weight is 610 g/mol. The molecule has 0 spiro atoms. The number of ether oxygens (including phenoxy) is 3. The third-order valence-electron chi connectivity index (χ3n) is 9.46. The van der Waals surface area contributed by atoms with Gasteiger partial charge in [0.15, 0.2) is 16.6 Å². The van der Waals surface area contributed by atoms with Gasteiger partial charge in [0, 0.05) is 18.1 Å². The first kappa shape index (κ1) is 35.5. The van der Waals surface area contributed by atoms with Crippen LogP contribution in [0.3, 0.4) is 0 Å². The van der Waals surface area contributed by atoms with Gasteiger partial charge < -0.3 is 23.1 Å². The van der Waals surface area contributed by atoms with Crippen LogP contribution in [-0.2, 0) is 13.6 Å². The molecule has 0 saturated carbocycles. The summed E-state index contributed by atoms with van der Waals surface area (Å²) in [4.78, 5) is 11.4. The maximum absolute atomic E-state index is 11.8. The number of rotatable bonds is 12. The molecule has 10 heteroatoms. The van der Waals surface area contributed by atoms with Crippen LogP contribution in [0.4, 0.5) is 5.69 Å². The highest BCUT2D eigenvalue weighted by Gasteiger charge is 2.43. The van der Waals surface area contributed by atoms with Gasteiger partial charge in [-0.1, -0.05) is 54.5 Å². The largest absolute Gasteiger partial charge is 0.496 e. The lowest BCUT2D eigenvalue weighted by atomic mass is 9.88. The molecule has 1 aromatic carbocycles. The summed E-state index contributed by atoms with van der Waals surface area (Å²) in [5.41, 5.74) is 1.62. The molecule has 0 bridgehead atoms. The molecule has 0 radical (unpaired) electrons. The predicted molar refractivity (Wildman–Crippen MR) is 171 cm³/mol. The van der Waals surface area contributed by atoms with E-state index in [1.807, 2.05) is 0 Å². The fraction of sp³-hybridized carbons (Fsp3) is 0.742. The SMILES string of the molecule is COc1cc(C2CC=C(C)[C@@H]([C@@H](C)[C@H](CCO[Si](C)(C)C(C)(C)C)O[Si](C)(C)C(C)(C)C)O2)c(OC)c([N+](=O)[O-])c1. The van der Waals surface area contributed by atoms with Crippen molar-refractivity contribution in [2.45, 2.75) is 123 Å². The Morgan fingerprint density at radius 1 is 1.02 bits per heavy atom. The second-order valence-corrected chi connectivity index (χ2v) is 24.0. The highest BCUT2D eigenvalue weighted by molar-refractivity contribution is 6.74. The van der Waals surface area contributed by atoms with E-state index < -0.39 is 27.7 Å². The van der Waals surface area contributed by atoms with Crippen LogP contribution in [0.25, 0.3) is 0 Å². The molecule has 1 unspecified atom stereocenters. The van der Waals surface area contributed by atoms with Crippen LogP contribution in [0.1, 0.15) is 79.9 Å². The minimum absolute atomic E-state index is 0.0257. The van der Waals surface area contributed by atoms with Gasteiger partial charge in [0.25, 0.3) is 0 Å². The summed E-state index contributed by atoms with van der Waals surface area (Å²) < 4.78 is 31.4. The molecule has 4 atom stereocenters. The number of benzene rings is 1. The van der Waals surface area contributed by atoms with E-state index >= 15 is 0 Å². The van der Waals surface area contributed by atoms with Crippen molar-refractivity contribution in [1.29, 1.82) is 0 Å². The number of nitro benzene ring substituents is 1. The van der Waals surface area contributed by atoms with Crippen LogP contribution in [0.15, 0.2) is 23.8 Å². The lowest BCUT2D eigenvalue weighted by Crippen LogP contribution is -2.49. The van der Waals surface area contributed by atoms with Gasteiger partial charge in [0.05, 0.1) is 43.5 Å².